The Morgan fingerprint density at radius 3 is 3.00 bits per heavy atom. The van der Waals surface area contributed by atoms with E-state index in [0.717, 1.165) is 28.8 Å². The first-order valence-corrected chi connectivity index (χ1v) is 8.00. The van der Waals surface area contributed by atoms with Gasteiger partial charge in [-0.15, -0.1) is 0 Å². The molecule has 0 bridgehead atoms. The maximum Gasteiger partial charge on any atom is 0.255 e. The second-order valence-electron chi connectivity index (χ2n) is 6.69. The summed E-state index contributed by atoms with van der Waals surface area (Å²) in [5.41, 5.74) is 1.84. The number of nitrogens with zero attached hydrogens (tertiary/aromatic N) is 3. The number of aromatic nitrogens is 2. The standard InChI is InChI=1S/C17H24N4O2/c1-12-6-4-7-13-15(12)19-14(18-13)10-20(2)11-17(23)8-5-9-21(3)16(17)22/h4,6-7,23H,5,8-11H2,1-3H3,(H,18,19)/t17-/m0/s1. The highest BCUT2D eigenvalue weighted by Crippen LogP contribution is 2.23. The first-order valence-electron chi connectivity index (χ1n) is 8.00. The molecule has 1 aliphatic rings. The molecule has 6 nitrogen and oxygen atoms in total. The monoisotopic (exact) mass is 316 g/mol. The zero-order chi connectivity index (χ0) is 16.6. The van der Waals surface area contributed by atoms with E-state index in [1.807, 2.05) is 37.1 Å². The fraction of sp³-hybridized carbons (Fsp3) is 0.529. The van der Waals surface area contributed by atoms with E-state index < -0.39 is 5.60 Å². The van der Waals surface area contributed by atoms with E-state index >= 15 is 0 Å². The smallest absolute Gasteiger partial charge is 0.255 e. The maximum atomic E-state index is 12.2. The summed E-state index contributed by atoms with van der Waals surface area (Å²) in [5, 5.41) is 10.7. The van der Waals surface area contributed by atoms with Crippen LogP contribution in [0.2, 0.25) is 0 Å². The number of carbonyl (C=O) groups excluding carboxylic acids is 1. The number of aryl methyl sites for hydroxylation is 1. The van der Waals surface area contributed by atoms with Crippen LogP contribution in [0.4, 0.5) is 0 Å². The summed E-state index contributed by atoms with van der Waals surface area (Å²) >= 11 is 0. The van der Waals surface area contributed by atoms with Gasteiger partial charge in [0.25, 0.3) is 5.91 Å². The molecular weight excluding hydrogens is 292 g/mol. The number of amides is 1. The minimum absolute atomic E-state index is 0.184. The number of H-pyrrole nitrogens is 1. The highest BCUT2D eigenvalue weighted by Gasteiger charge is 2.41. The van der Waals surface area contributed by atoms with Crippen LogP contribution in [0.3, 0.4) is 0 Å². The lowest BCUT2D eigenvalue weighted by Gasteiger charge is -2.38. The number of aliphatic hydroxyl groups is 1. The van der Waals surface area contributed by atoms with E-state index in [9.17, 15) is 9.90 Å². The molecule has 0 radical (unpaired) electrons. The molecule has 23 heavy (non-hydrogen) atoms. The number of carbonyl (C=O) groups is 1. The molecule has 1 fully saturated rings. The van der Waals surface area contributed by atoms with E-state index in [1.165, 1.54) is 0 Å². The van der Waals surface area contributed by atoms with Gasteiger partial charge < -0.3 is 15.0 Å². The molecule has 2 N–H and O–H groups in total. The van der Waals surface area contributed by atoms with Crippen molar-refractivity contribution in [2.45, 2.75) is 31.9 Å². The van der Waals surface area contributed by atoms with Gasteiger partial charge >= 0.3 is 0 Å². The molecule has 0 saturated carbocycles. The normalized spacial score (nSPS) is 22.3. The summed E-state index contributed by atoms with van der Waals surface area (Å²) in [4.78, 5) is 23.7. The molecular formula is C17H24N4O2. The molecule has 0 spiro atoms. The van der Waals surface area contributed by atoms with Crippen molar-refractivity contribution < 1.29 is 9.90 Å². The van der Waals surface area contributed by atoms with Crippen LogP contribution >= 0.6 is 0 Å². The number of likely N-dealkylation sites (tertiary alicyclic amines) is 1. The average Bonchev–Trinajstić information content (AvgIpc) is 2.88. The number of nitrogens with one attached hydrogen (secondary N) is 1. The molecule has 1 aromatic carbocycles. The fourth-order valence-corrected chi connectivity index (χ4v) is 3.38. The molecule has 124 valence electrons. The quantitative estimate of drug-likeness (QED) is 0.891. The summed E-state index contributed by atoms with van der Waals surface area (Å²) in [6.07, 6.45) is 1.34. The Kier molecular flexibility index (Phi) is 4.12. The van der Waals surface area contributed by atoms with Crippen LogP contribution < -0.4 is 0 Å². The van der Waals surface area contributed by atoms with Crippen molar-refractivity contribution >= 4 is 16.9 Å². The van der Waals surface area contributed by atoms with Gasteiger partial charge in [0.05, 0.1) is 17.6 Å². The van der Waals surface area contributed by atoms with Gasteiger partial charge in [0, 0.05) is 20.1 Å². The number of rotatable bonds is 4. The van der Waals surface area contributed by atoms with Crippen molar-refractivity contribution in [1.29, 1.82) is 0 Å². The third kappa shape index (κ3) is 3.09. The number of hydrogen-bond acceptors (Lipinski definition) is 4. The van der Waals surface area contributed by atoms with Crippen LogP contribution in [0.1, 0.15) is 24.2 Å². The Morgan fingerprint density at radius 2 is 2.26 bits per heavy atom. The molecule has 1 saturated heterocycles. The van der Waals surface area contributed by atoms with Crippen molar-refractivity contribution in [1.82, 2.24) is 19.8 Å². The summed E-state index contributed by atoms with van der Waals surface area (Å²) < 4.78 is 0. The topological polar surface area (TPSA) is 72.5 Å². The van der Waals surface area contributed by atoms with Gasteiger partial charge in [-0.05, 0) is 38.4 Å². The van der Waals surface area contributed by atoms with Crippen molar-refractivity contribution in [3.8, 4) is 0 Å². The van der Waals surface area contributed by atoms with Gasteiger partial charge in [-0.25, -0.2) is 4.98 Å². The van der Waals surface area contributed by atoms with Crippen LogP contribution in [-0.2, 0) is 11.3 Å². The van der Waals surface area contributed by atoms with Gasteiger partial charge in [0.2, 0.25) is 0 Å². The molecule has 0 unspecified atom stereocenters. The van der Waals surface area contributed by atoms with Gasteiger partial charge in [-0.3, -0.25) is 9.69 Å². The van der Waals surface area contributed by atoms with Crippen LogP contribution in [0.5, 0.6) is 0 Å². The number of fused-ring (bicyclic) bond motifs is 1. The maximum absolute atomic E-state index is 12.2. The number of aromatic amines is 1. The molecule has 6 heteroatoms. The Morgan fingerprint density at radius 1 is 1.48 bits per heavy atom. The molecule has 2 aromatic rings. The minimum atomic E-state index is -1.29. The zero-order valence-corrected chi connectivity index (χ0v) is 14.0. The number of hydrogen-bond donors (Lipinski definition) is 2. The van der Waals surface area contributed by atoms with Gasteiger partial charge in [-0.2, -0.15) is 0 Å². The summed E-state index contributed by atoms with van der Waals surface area (Å²) in [7, 11) is 3.65. The lowest BCUT2D eigenvalue weighted by molar-refractivity contribution is -0.157. The predicted octanol–water partition coefficient (Wildman–Crippen LogP) is 1.29. The molecule has 1 aliphatic heterocycles. The lowest BCUT2D eigenvalue weighted by Crippen LogP contribution is -2.56. The van der Waals surface area contributed by atoms with E-state index in [-0.39, 0.29) is 5.91 Å². The summed E-state index contributed by atoms with van der Waals surface area (Å²) in [6.45, 7) is 3.63. The Labute approximate surface area is 136 Å². The summed E-state index contributed by atoms with van der Waals surface area (Å²) in [6, 6.07) is 6.05. The van der Waals surface area contributed by atoms with Crippen molar-refractivity contribution in [2.24, 2.45) is 0 Å². The van der Waals surface area contributed by atoms with Gasteiger partial charge in [-0.1, -0.05) is 12.1 Å². The minimum Gasteiger partial charge on any atom is -0.379 e. The van der Waals surface area contributed by atoms with Crippen molar-refractivity contribution in [3.63, 3.8) is 0 Å². The Bertz CT molecular complexity index is 726. The first-order chi connectivity index (χ1) is 10.9. The third-order valence-electron chi connectivity index (χ3n) is 4.54. The van der Waals surface area contributed by atoms with E-state index in [0.29, 0.717) is 26.1 Å². The highest BCUT2D eigenvalue weighted by molar-refractivity contribution is 5.85. The molecule has 2 heterocycles. The molecule has 0 aliphatic carbocycles. The van der Waals surface area contributed by atoms with Gasteiger partial charge in [0.1, 0.15) is 5.82 Å². The third-order valence-corrected chi connectivity index (χ3v) is 4.54. The van der Waals surface area contributed by atoms with Crippen LogP contribution in [0, 0.1) is 6.92 Å². The van der Waals surface area contributed by atoms with E-state index in [2.05, 4.69) is 9.97 Å². The number of imidazole rings is 1. The molecule has 1 atom stereocenters. The highest BCUT2D eigenvalue weighted by atomic mass is 16.3. The van der Waals surface area contributed by atoms with Crippen LogP contribution in [0.15, 0.2) is 18.2 Å². The van der Waals surface area contributed by atoms with Crippen LogP contribution in [0.25, 0.3) is 11.0 Å². The molecule has 1 amide bonds. The number of benzene rings is 1. The van der Waals surface area contributed by atoms with Crippen molar-refractivity contribution in [2.75, 3.05) is 27.2 Å². The second kappa shape index (κ2) is 5.94. The lowest BCUT2D eigenvalue weighted by atomic mass is 9.91. The Balaban J connectivity index is 1.72. The van der Waals surface area contributed by atoms with E-state index in [1.54, 1.807) is 11.9 Å². The molecule has 3 rings (SSSR count). The fourth-order valence-electron chi connectivity index (χ4n) is 3.38. The largest absolute Gasteiger partial charge is 0.379 e. The number of likely N-dealkylation sites (N-methyl/N-ethyl adjacent to an activating group) is 2. The SMILES string of the molecule is Cc1cccc2[nH]c(CN(C)C[C@@]3(O)CCCN(C)C3=O)nc12. The zero-order valence-electron chi connectivity index (χ0n) is 14.0. The Hall–Kier alpha value is -1.92. The van der Waals surface area contributed by atoms with Crippen molar-refractivity contribution in [3.05, 3.63) is 29.6 Å². The second-order valence-corrected chi connectivity index (χ2v) is 6.69. The predicted molar refractivity (Wildman–Crippen MR) is 89.0 cm³/mol. The summed E-state index contributed by atoms with van der Waals surface area (Å²) in [5.74, 6) is 0.660. The number of para-hydroxylation sites is 1. The van der Waals surface area contributed by atoms with Gasteiger partial charge in [0.15, 0.2) is 5.60 Å². The van der Waals surface area contributed by atoms with E-state index in [4.69, 9.17) is 0 Å². The first kappa shape index (κ1) is 16.0. The number of piperidine rings is 1. The average molecular weight is 316 g/mol. The van der Waals surface area contributed by atoms with Crippen LogP contribution in [-0.4, -0.2) is 63.6 Å². The molecule has 1 aromatic heterocycles.